The summed E-state index contributed by atoms with van der Waals surface area (Å²) in [7, 11) is 2.11. The number of nitrogens with two attached hydrogens (primary N) is 1. The van der Waals surface area contributed by atoms with Crippen molar-refractivity contribution in [2.24, 2.45) is 11.7 Å². The number of rotatable bonds is 6. The first-order valence-corrected chi connectivity index (χ1v) is 6.58. The van der Waals surface area contributed by atoms with Crippen LogP contribution >= 0.6 is 11.6 Å². The fourth-order valence-electron chi connectivity index (χ4n) is 1.91. The van der Waals surface area contributed by atoms with E-state index in [1.807, 2.05) is 18.2 Å². The van der Waals surface area contributed by atoms with E-state index in [0.717, 1.165) is 17.1 Å². The lowest BCUT2D eigenvalue weighted by molar-refractivity contribution is 0.236. The van der Waals surface area contributed by atoms with Gasteiger partial charge in [0.2, 0.25) is 0 Å². The van der Waals surface area contributed by atoms with Crippen molar-refractivity contribution in [2.45, 2.75) is 26.3 Å². The number of benzene rings is 1. The van der Waals surface area contributed by atoms with Gasteiger partial charge in [-0.15, -0.1) is 0 Å². The normalized spacial score (nSPS) is 13.4. The van der Waals surface area contributed by atoms with Crippen molar-refractivity contribution in [1.29, 1.82) is 0 Å². The summed E-state index contributed by atoms with van der Waals surface area (Å²) in [6, 6.07) is 8.16. The summed E-state index contributed by atoms with van der Waals surface area (Å²) in [5.41, 5.74) is 7.01. The van der Waals surface area contributed by atoms with Crippen LogP contribution in [0.1, 0.15) is 31.9 Å². The highest BCUT2D eigenvalue weighted by Crippen LogP contribution is 2.26. The topological polar surface area (TPSA) is 29.3 Å². The highest BCUT2D eigenvalue weighted by atomic mass is 35.5. The van der Waals surface area contributed by atoms with Gasteiger partial charge >= 0.3 is 0 Å². The third-order valence-corrected chi connectivity index (χ3v) is 3.42. The van der Waals surface area contributed by atoms with Crippen LogP contribution < -0.4 is 5.73 Å². The second-order valence-corrected chi connectivity index (χ2v) is 5.34. The maximum atomic E-state index is 6.22. The summed E-state index contributed by atoms with van der Waals surface area (Å²) in [6.45, 7) is 6.12. The van der Waals surface area contributed by atoms with E-state index >= 15 is 0 Å². The molecule has 2 nitrogen and oxygen atoms in total. The Kier molecular flexibility index (Phi) is 5.96. The van der Waals surface area contributed by atoms with Crippen LogP contribution in [0.3, 0.4) is 0 Å². The van der Waals surface area contributed by atoms with Gasteiger partial charge in [0.1, 0.15) is 0 Å². The molecule has 1 unspecified atom stereocenters. The molecule has 0 aromatic heterocycles. The van der Waals surface area contributed by atoms with Crippen molar-refractivity contribution in [2.75, 3.05) is 20.1 Å². The standard InChI is InChI=1S/C14H23ClN2/c1-11(2)8-9-17(3)14(10-16)12-6-4-5-7-13(12)15/h4-7,11,14H,8-10,16H2,1-3H3. The molecule has 1 atom stereocenters. The molecular weight excluding hydrogens is 232 g/mol. The van der Waals surface area contributed by atoms with Gasteiger partial charge < -0.3 is 5.73 Å². The van der Waals surface area contributed by atoms with E-state index in [9.17, 15) is 0 Å². The predicted octanol–water partition coefficient (Wildman–Crippen LogP) is 3.32. The van der Waals surface area contributed by atoms with E-state index in [4.69, 9.17) is 17.3 Å². The zero-order valence-electron chi connectivity index (χ0n) is 11.0. The molecule has 1 aromatic rings. The Labute approximate surface area is 110 Å². The minimum atomic E-state index is 0.211. The summed E-state index contributed by atoms with van der Waals surface area (Å²) in [6.07, 6.45) is 1.18. The molecule has 0 aliphatic rings. The predicted molar refractivity (Wildman–Crippen MR) is 75.3 cm³/mol. The molecule has 0 saturated carbocycles. The minimum absolute atomic E-state index is 0.211. The number of hydrogen-bond acceptors (Lipinski definition) is 2. The highest BCUT2D eigenvalue weighted by Gasteiger charge is 2.17. The van der Waals surface area contributed by atoms with E-state index in [2.05, 4.69) is 31.9 Å². The molecular formula is C14H23ClN2. The first-order chi connectivity index (χ1) is 8.06. The molecule has 0 aliphatic heterocycles. The Morgan fingerprint density at radius 2 is 1.94 bits per heavy atom. The molecule has 96 valence electrons. The van der Waals surface area contributed by atoms with E-state index < -0.39 is 0 Å². The maximum Gasteiger partial charge on any atom is 0.0482 e. The quantitative estimate of drug-likeness (QED) is 0.844. The average Bonchev–Trinajstić information content (AvgIpc) is 2.30. The summed E-state index contributed by atoms with van der Waals surface area (Å²) < 4.78 is 0. The molecule has 2 N–H and O–H groups in total. The largest absolute Gasteiger partial charge is 0.329 e. The van der Waals surface area contributed by atoms with Gasteiger partial charge in [0.25, 0.3) is 0 Å². The third-order valence-electron chi connectivity index (χ3n) is 3.08. The smallest absolute Gasteiger partial charge is 0.0482 e. The maximum absolute atomic E-state index is 6.22. The zero-order chi connectivity index (χ0) is 12.8. The fourth-order valence-corrected chi connectivity index (χ4v) is 2.17. The van der Waals surface area contributed by atoms with Crippen LogP contribution in [0.5, 0.6) is 0 Å². The van der Waals surface area contributed by atoms with E-state index in [-0.39, 0.29) is 6.04 Å². The van der Waals surface area contributed by atoms with Gasteiger partial charge in [0.15, 0.2) is 0 Å². The first kappa shape index (κ1) is 14.5. The lowest BCUT2D eigenvalue weighted by Gasteiger charge is -2.28. The Bertz CT molecular complexity index is 339. The second-order valence-electron chi connectivity index (χ2n) is 4.94. The Balaban J connectivity index is 2.74. The number of halogens is 1. The number of hydrogen-bond donors (Lipinski definition) is 1. The Morgan fingerprint density at radius 1 is 1.29 bits per heavy atom. The van der Waals surface area contributed by atoms with Crippen molar-refractivity contribution in [3.63, 3.8) is 0 Å². The number of likely N-dealkylation sites (N-methyl/N-ethyl adjacent to an activating group) is 1. The van der Waals surface area contributed by atoms with Gasteiger partial charge in [0.05, 0.1) is 0 Å². The summed E-state index contributed by atoms with van der Waals surface area (Å²) in [4.78, 5) is 2.29. The molecule has 0 spiro atoms. The highest BCUT2D eigenvalue weighted by molar-refractivity contribution is 6.31. The molecule has 17 heavy (non-hydrogen) atoms. The summed E-state index contributed by atoms with van der Waals surface area (Å²) in [5.74, 6) is 0.710. The van der Waals surface area contributed by atoms with E-state index in [0.29, 0.717) is 12.5 Å². The van der Waals surface area contributed by atoms with Crippen LogP contribution in [0.4, 0.5) is 0 Å². The van der Waals surface area contributed by atoms with Crippen LogP contribution in [0.15, 0.2) is 24.3 Å². The first-order valence-electron chi connectivity index (χ1n) is 6.21. The summed E-state index contributed by atoms with van der Waals surface area (Å²) >= 11 is 6.22. The molecule has 0 amide bonds. The minimum Gasteiger partial charge on any atom is -0.329 e. The van der Waals surface area contributed by atoms with Crippen LogP contribution in [-0.2, 0) is 0 Å². The molecule has 0 heterocycles. The van der Waals surface area contributed by atoms with Gasteiger partial charge in [-0.05, 0) is 37.6 Å². The zero-order valence-corrected chi connectivity index (χ0v) is 11.7. The van der Waals surface area contributed by atoms with Crippen molar-refractivity contribution < 1.29 is 0 Å². The van der Waals surface area contributed by atoms with Gasteiger partial charge in [-0.2, -0.15) is 0 Å². The van der Waals surface area contributed by atoms with E-state index in [1.54, 1.807) is 0 Å². The van der Waals surface area contributed by atoms with Crippen LogP contribution in [0.25, 0.3) is 0 Å². The average molecular weight is 255 g/mol. The molecule has 0 fully saturated rings. The SMILES string of the molecule is CC(C)CCN(C)C(CN)c1ccccc1Cl. The molecule has 0 saturated heterocycles. The number of nitrogens with zero attached hydrogens (tertiary/aromatic N) is 1. The van der Waals surface area contributed by atoms with Crippen molar-refractivity contribution in [3.05, 3.63) is 34.9 Å². The Morgan fingerprint density at radius 3 is 2.47 bits per heavy atom. The van der Waals surface area contributed by atoms with Crippen molar-refractivity contribution in [3.8, 4) is 0 Å². The third kappa shape index (κ3) is 4.30. The van der Waals surface area contributed by atoms with Gasteiger partial charge in [0, 0.05) is 17.6 Å². The van der Waals surface area contributed by atoms with Gasteiger partial charge in [-0.25, -0.2) is 0 Å². The molecule has 0 radical (unpaired) electrons. The van der Waals surface area contributed by atoms with Gasteiger partial charge in [-0.3, -0.25) is 4.90 Å². The van der Waals surface area contributed by atoms with Crippen LogP contribution in [0.2, 0.25) is 5.02 Å². The molecule has 0 bridgehead atoms. The monoisotopic (exact) mass is 254 g/mol. The van der Waals surface area contributed by atoms with Crippen molar-refractivity contribution >= 4 is 11.6 Å². The van der Waals surface area contributed by atoms with Crippen molar-refractivity contribution in [1.82, 2.24) is 4.90 Å². The molecule has 0 aliphatic carbocycles. The second kappa shape index (κ2) is 7.00. The van der Waals surface area contributed by atoms with Gasteiger partial charge in [-0.1, -0.05) is 43.6 Å². The van der Waals surface area contributed by atoms with Crippen LogP contribution in [0, 0.1) is 5.92 Å². The molecule has 1 rings (SSSR count). The Hall–Kier alpha value is -0.570. The molecule has 1 aromatic carbocycles. The fraction of sp³-hybridized carbons (Fsp3) is 0.571. The lowest BCUT2D eigenvalue weighted by atomic mass is 10.0. The molecule has 3 heteroatoms. The lowest BCUT2D eigenvalue weighted by Crippen LogP contribution is -2.32. The van der Waals surface area contributed by atoms with Crippen LogP contribution in [-0.4, -0.2) is 25.0 Å². The summed E-state index contributed by atoms with van der Waals surface area (Å²) in [5, 5.41) is 0.805. The van der Waals surface area contributed by atoms with E-state index in [1.165, 1.54) is 6.42 Å².